The van der Waals surface area contributed by atoms with E-state index in [0.29, 0.717) is 38.3 Å². The maximum atomic E-state index is 13.4. The third-order valence-corrected chi connectivity index (χ3v) is 5.50. The van der Waals surface area contributed by atoms with Gasteiger partial charge < -0.3 is 9.88 Å². The number of rotatable bonds is 3. The molecular formula is C23H24FN3O2. The molecular weight excluding hydrogens is 369 g/mol. The Morgan fingerprint density at radius 3 is 2.55 bits per heavy atom. The second-order valence-electron chi connectivity index (χ2n) is 7.75. The van der Waals surface area contributed by atoms with Gasteiger partial charge in [-0.15, -0.1) is 0 Å². The van der Waals surface area contributed by atoms with Gasteiger partial charge in [0.2, 0.25) is 0 Å². The molecule has 1 aliphatic heterocycles. The molecule has 1 N–H and O–H groups in total. The summed E-state index contributed by atoms with van der Waals surface area (Å²) in [5.74, 6) is -0.561. The summed E-state index contributed by atoms with van der Waals surface area (Å²) in [6.45, 7) is 7.04. The number of fused-ring (bicyclic) bond motifs is 1. The molecule has 29 heavy (non-hydrogen) atoms. The molecule has 0 saturated carbocycles. The molecule has 2 heterocycles. The minimum absolute atomic E-state index is 0.0669. The fraction of sp³-hybridized carbons (Fsp3) is 0.304. The number of hydrogen-bond acceptors (Lipinski definition) is 3. The van der Waals surface area contributed by atoms with Gasteiger partial charge in [-0.25, -0.2) is 4.39 Å². The van der Waals surface area contributed by atoms with Crippen LogP contribution in [0.15, 0.2) is 47.3 Å². The summed E-state index contributed by atoms with van der Waals surface area (Å²) in [7, 11) is 0. The minimum Gasteiger partial charge on any atom is -0.336 e. The summed E-state index contributed by atoms with van der Waals surface area (Å²) < 4.78 is 13.4. The van der Waals surface area contributed by atoms with Gasteiger partial charge in [0, 0.05) is 43.9 Å². The number of nitrogens with one attached hydrogen (secondary N) is 1. The van der Waals surface area contributed by atoms with E-state index in [1.165, 1.54) is 12.1 Å². The number of amides is 1. The lowest BCUT2D eigenvalue weighted by Crippen LogP contribution is -2.48. The van der Waals surface area contributed by atoms with E-state index >= 15 is 0 Å². The molecule has 0 spiro atoms. The average Bonchev–Trinajstić information content (AvgIpc) is 2.69. The van der Waals surface area contributed by atoms with Gasteiger partial charge in [0.1, 0.15) is 5.82 Å². The number of carbonyl (C=O) groups excluding carboxylic acids is 1. The summed E-state index contributed by atoms with van der Waals surface area (Å²) in [5.41, 5.74) is 4.14. The predicted octanol–water partition coefficient (Wildman–Crippen LogP) is 3.24. The van der Waals surface area contributed by atoms with Gasteiger partial charge in [0.05, 0.1) is 5.52 Å². The van der Waals surface area contributed by atoms with Crippen molar-refractivity contribution in [2.45, 2.75) is 20.4 Å². The van der Waals surface area contributed by atoms with Crippen LogP contribution in [-0.4, -0.2) is 46.9 Å². The molecule has 150 valence electrons. The molecule has 0 radical (unpaired) electrons. The van der Waals surface area contributed by atoms with Gasteiger partial charge in [-0.05, 0) is 55.1 Å². The Morgan fingerprint density at radius 1 is 1.07 bits per heavy atom. The Labute approximate surface area is 168 Å². The predicted molar refractivity (Wildman–Crippen MR) is 112 cm³/mol. The number of benzene rings is 2. The Balaban J connectivity index is 1.45. The fourth-order valence-electron chi connectivity index (χ4n) is 4.00. The number of nitrogens with zero attached hydrogens (tertiary/aromatic N) is 2. The van der Waals surface area contributed by atoms with Crippen molar-refractivity contribution in [2.24, 2.45) is 0 Å². The standard InChI is InChI=1S/C23H24FN3O2/c1-15-10-16(2)21-18(11-15)12-19(22(28)25-21)14-26-6-8-27(9-7-26)23(29)17-4-3-5-20(24)13-17/h3-5,10-13H,6-9,14H2,1-2H3,(H,25,28). The lowest BCUT2D eigenvalue weighted by Gasteiger charge is -2.34. The Morgan fingerprint density at radius 2 is 1.83 bits per heavy atom. The van der Waals surface area contributed by atoms with Crippen molar-refractivity contribution in [3.05, 3.63) is 80.9 Å². The van der Waals surface area contributed by atoms with Crippen LogP contribution in [0.4, 0.5) is 4.39 Å². The van der Waals surface area contributed by atoms with Crippen LogP contribution in [-0.2, 0) is 6.54 Å². The maximum Gasteiger partial charge on any atom is 0.254 e. The van der Waals surface area contributed by atoms with Gasteiger partial charge in [-0.1, -0.05) is 17.7 Å². The zero-order chi connectivity index (χ0) is 20.5. The van der Waals surface area contributed by atoms with Crippen molar-refractivity contribution < 1.29 is 9.18 Å². The third-order valence-electron chi connectivity index (χ3n) is 5.50. The van der Waals surface area contributed by atoms with Crippen LogP contribution < -0.4 is 5.56 Å². The molecule has 1 saturated heterocycles. The summed E-state index contributed by atoms with van der Waals surface area (Å²) in [5, 5.41) is 1.04. The van der Waals surface area contributed by atoms with Gasteiger partial charge in [0.15, 0.2) is 0 Å². The largest absolute Gasteiger partial charge is 0.336 e. The van der Waals surface area contributed by atoms with Crippen LogP contribution in [0.25, 0.3) is 10.9 Å². The molecule has 1 fully saturated rings. The molecule has 2 aromatic carbocycles. The first-order valence-electron chi connectivity index (χ1n) is 9.81. The number of aryl methyl sites for hydroxylation is 2. The summed E-state index contributed by atoms with van der Waals surface area (Å²) in [4.78, 5) is 32.0. The quantitative estimate of drug-likeness (QED) is 0.743. The van der Waals surface area contributed by atoms with E-state index in [1.54, 1.807) is 17.0 Å². The molecule has 1 amide bonds. The second-order valence-corrected chi connectivity index (χ2v) is 7.75. The number of halogens is 1. The van der Waals surface area contributed by atoms with E-state index in [-0.39, 0.29) is 11.5 Å². The van der Waals surface area contributed by atoms with Crippen LogP contribution >= 0.6 is 0 Å². The Kier molecular flexibility index (Phi) is 5.20. The molecule has 1 aromatic heterocycles. The zero-order valence-corrected chi connectivity index (χ0v) is 16.7. The van der Waals surface area contributed by atoms with E-state index in [4.69, 9.17) is 0 Å². The maximum absolute atomic E-state index is 13.4. The van der Waals surface area contributed by atoms with Gasteiger partial charge in [0.25, 0.3) is 11.5 Å². The van der Waals surface area contributed by atoms with Crippen molar-refractivity contribution in [2.75, 3.05) is 26.2 Å². The Hall–Kier alpha value is -2.99. The molecule has 1 aliphatic rings. The molecule has 0 atom stereocenters. The lowest BCUT2D eigenvalue weighted by molar-refractivity contribution is 0.0627. The van der Waals surface area contributed by atoms with Gasteiger partial charge >= 0.3 is 0 Å². The third kappa shape index (κ3) is 4.07. The fourth-order valence-corrected chi connectivity index (χ4v) is 4.00. The molecule has 0 aliphatic carbocycles. The van der Waals surface area contributed by atoms with Crippen molar-refractivity contribution >= 4 is 16.8 Å². The van der Waals surface area contributed by atoms with E-state index in [9.17, 15) is 14.0 Å². The number of piperazine rings is 1. The van der Waals surface area contributed by atoms with Crippen LogP contribution in [0.5, 0.6) is 0 Å². The van der Waals surface area contributed by atoms with E-state index in [2.05, 4.69) is 22.0 Å². The minimum atomic E-state index is -0.407. The highest BCUT2D eigenvalue weighted by Gasteiger charge is 2.23. The van der Waals surface area contributed by atoms with E-state index in [1.807, 2.05) is 19.9 Å². The van der Waals surface area contributed by atoms with Crippen LogP contribution in [0, 0.1) is 19.7 Å². The van der Waals surface area contributed by atoms with Crippen LogP contribution in [0.1, 0.15) is 27.0 Å². The van der Waals surface area contributed by atoms with Crippen molar-refractivity contribution in [3.8, 4) is 0 Å². The topological polar surface area (TPSA) is 56.4 Å². The first-order chi connectivity index (χ1) is 13.9. The highest BCUT2D eigenvalue weighted by atomic mass is 19.1. The number of H-pyrrole nitrogens is 1. The highest BCUT2D eigenvalue weighted by molar-refractivity contribution is 5.94. The normalized spacial score (nSPS) is 15.1. The monoisotopic (exact) mass is 393 g/mol. The molecule has 6 heteroatoms. The summed E-state index contributed by atoms with van der Waals surface area (Å²) in [6.07, 6.45) is 0. The number of carbonyl (C=O) groups is 1. The molecule has 3 aromatic rings. The van der Waals surface area contributed by atoms with E-state index in [0.717, 1.165) is 27.6 Å². The molecule has 0 bridgehead atoms. The van der Waals surface area contributed by atoms with Gasteiger partial charge in [-0.3, -0.25) is 14.5 Å². The van der Waals surface area contributed by atoms with Crippen molar-refractivity contribution in [3.63, 3.8) is 0 Å². The summed E-state index contributed by atoms with van der Waals surface area (Å²) in [6, 6.07) is 11.9. The smallest absolute Gasteiger partial charge is 0.254 e. The second kappa shape index (κ2) is 7.79. The number of aromatic amines is 1. The summed E-state index contributed by atoms with van der Waals surface area (Å²) >= 11 is 0. The molecule has 0 unspecified atom stereocenters. The first-order valence-corrected chi connectivity index (χ1v) is 9.81. The molecule has 5 nitrogen and oxygen atoms in total. The Bertz CT molecular complexity index is 1130. The average molecular weight is 393 g/mol. The van der Waals surface area contributed by atoms with Gasteiger partial charge in [-0.2, -0.15) is 0 Å². The molecule has 4 rings (SSSR count). The first kappa shape index (κ1) is 19.3. The zero-order valence-electron chi connectivity index (χ0n) is 16.7. The highest BCUT2D eigenvalue weighted by Crippen LogP contribution is 2.19. The van der Waals surface area contributed by atoms with E-state index < -0.39 is 5.82 Å². The number of hydrogen-bond donors (Lipinski definition) is 1. The van der Waals surface area contributed by atoms with Crippen molar-refractivity contribution in [1.82, 2.24) is 14.8 Å². The SMILES string of the molecule is Cc1cc(C)c2[nH]c(=O)c(CN3CCN(C(=O)c4cccc(F)c4)CC3)cc2c1. The van der Waals surface area contributed by atoms with Crippen LogP contribution in [0.2, 0.25) is 0 Å². The lowest BCUT2D eigenvalue weighted by atomic mass is 10.0. The van der Waals surface area contributed by atoms with Crippen LogP contribution in [0.3, 0.4) is 0 Å². The number of aromatic nitrogens is 1. The van der Waals surface area contributed by atoms with Crippen molar-refractivity contribution in [1.29, 1.82) is 0 Å². The number of pyridine rings is 1.